The average molecular weight is 667 g/mol. The van der Waals surface area contributed by atoms with Gasteiger partial charge in [-0.05, 0) is 63.1 Å². The zero-order valence-corrected chi connectivity index (χ0v) is 27.8. The molecule has 0 bridgehead atoms. The zero-order valence-electron chi connectivity index (χ0n) is 27.8. The highest BCUT2D eigenvalue weighted by atomic mass is 16.6. The monoisotopic (exact) mass is 666 g/mol. The normalized spacial score (nSPS) is 10.2. The summed E-state index contributed by atoms with van der Waals surface area (Å²) in [4.78, 5) is 46.9. The van der Waals surface area contributed by atoms with Gasteiger partial charge in [0.15, 0.2) is 23.0 Å². The second kappa shape index (κ2) is 19.9. The van der Waals surface area contributed by atoms with Crippen molar-refractivity contribution in [1.29, 1.82) is 0 Å². The first-order chi connectivity index (χ1) is 22.8. The molecule has 0 heterocycles. The summed E-state index contributed by atoms with van der Waals surface area (Å²) >= 11 is 0. The Labute approximate surface area is 280 Å². The van der Waals surface area contributed by atoms with E-state index < -0.39 is 23.9 Å². The lowest BCUT2D eigenvalue weighted by Crippen LogP contribution is -2.14. The smallest absolute Gasteiger partial charge is 0.333 e. The summed E-state index contributed by atoms with van der Waals surface area (Å²) in [5.41, 5.74) is 2.46. The molecule has 0 saturated heterocycles. The van der Waals surface area contributed by atoms with Crippen molar-refractivity contribution in [3.8, 4) is 34.1 Å². The summed E-state index contributed by atoms with van der Waals surface area (Å²) in [6, 6.07) is 10.4. The third-order valence-corrected chi connectivity index (χ3v) is 5.91. The number of esters is 4. The molecule has 2 aromatic carbocycles. The van der Waals surface area contributed by atoms with Gasteiger partial charge in [-0.2, -0.15) is 0 Å². The number of carbonyl (C=O) groups is 4. The number of rotatable bonds is 21. The Morgan fingerprint density at radius 2 is 0.667 bits per heavy atom. The first-order valence-corrected chi connectivity index (χ1v) is 14.9. The second-order valence-corrected chi connectivity index (χ2v) is 10.4. The van der Waals surface area contributed by atoms with Crippen LogP contribution in [-0.4, -0.2) is 76.7 Å². The minimum Gasteiger partial charge on any atom is -0.486 e. The highest BCUT2D eigenvalue weighted by Crippen LogP contribution is 2.37. The first-order valence-electron chi connectivity index (χ1n) is 14.9. The lowest BCUT2D eigenvalue weighted by Gasteiger charge is -2.17. The lowest BCUT2D eigenvalue weighted by molar-refractivity contribution is -0.140. The fourth-order valence-corrected chi connectivity index (χ4v) is 3.48. The number of ether oxygens (including phenoxy) is 8. The average Bonchev–Trinajstić information content (AvgIpc) is 3.05. The van der Waals surface area contributed by atoms with E-state index in [2.05, 4.69) is 26.3 Å². The molecule has 0 saturated carbocycles. The van der Waals surface area contributed by atoms with Crippen molar-refractivity contribution < 1.29 is 57.1 Å². The van der Waals surface area contributed by atoms with Crippen LogP contribution in [0.3, 0.4) is 0 Å². The molecule has 258 valence electrons. The van der Waals surface area contributed by atoms with E-state index in [1.54, 1.807) is 64.1 Å². The summed E-state index contributed by atoms with van der Waals surface area (Å²) in [5, 5.41) is 0. The molecular weight excluding hydrogens is 624 g/mol. The van der Waals surface area contributed by atoms with Gasteiger partial charge in [-0.1, -0.05) is 38.4 Å². The number of hydrogen-bond donors (Lipinski definition) is 0. The van der Waals surface area contributed by atoms with E-state index in [-0.39, 0.29) is 75.1 Å². The van der Waals surface area contributed by atoms with Crippen LogP contribution in [0.25, 0.3) is 11.1 Å². The molecule has 2 aromatic rings. The molecule has 0 atom stereocenters. The Bertz CT molecular complexity index is 1410. The van der Waals surface area contributed by atoms with E-state index in [0.29, 0.717) is 34.1 Å². The van der Waals surface area contributed by atoms with Crippen molar-refractivity contribution >= 4 is 23.9 Å². The van der Waals surface area contributed by atoms with E-state index in [1.165, 1.54) is 0 Å². The Balaban J connectivity index is 2.29. The van der Waals surface area contributed by atoms with Gasteiger partial charge in [0.25, 0.3) is 0 Å². The zero-order chi connectivity index (χ0) is 35.6. The van der Waals surface area contributed by atoms with Crippen molar-refractivity contribution in [3.63, 3.8) is 0 Å². The maximum Gasteiger partial charge on any atom is 0.333 e. The lowest BCUT2D eigenvalue weighted by atomic mass is 10.0. The molecule has 0 N–H and O–H groups in total. The van der Waals surface area contributed by atoms with Crippen molar-refractivity contribution in [2.24, 2.45) is 0 Å². The highest BCUT2D eigenvalue weighted by molar-refractivity contribution is 5.88. The molecular formula is C36H42O12. The Morgan fingerprint density at radius 3 is 0.917 bits per heavy atom. The summed E-state index contributed by atoms with van der Waals surface area (Å²) in [6.07, 6.45) is 0. The van der Waals surface area contributed by atoms with Gasteiger partial charge < -0.3 is 37.9 Å². The van der Waals surface area contributed by atoms with Crippen LogP contribution in [0.4, 0.5) is 0 Å². The molecule has 0 aromatic heterocycles. The van der Waals surface area contributed by atoms with Crippen LogP contribution in [0.5, 0.6) is 23.0 Å². The standard InChI is InChI=1S/C36H42O12/c1-23(2)33(37)45-17-13-41-29-11-9-27(21-31(29)43-15-19-47-35(39)25(5)6)28-10-12-30(42-14-18-46-34(38)24(3)4)32(22-28)44-16-20-48-36(40)26(7)8/h9-12,21-22H,1,3,5,7,13-20H2,2,4,6,8H3. The maximum atomic E-state index is 11.8. The number of benzene rings is 2. The van der Waals surface area contributed by atoms with Crippen molar-refractivity contribution in [1.82, 2.24) is 0 Å². The van der Waals surface area contributed by atoms with Gasteiger partial charge in [-0.25, -0.2) is 19.2 Å². The predicted molar refractivity (Wildman–Crippen MR) is 177 cm³/mol. The van der Waals surface area contributed by atoms with E-state index in [0.717, 1.165) is 0 Å². The third-order valence-electron chi connectivity index (χ3n) is 5.91. The maximum absolute atomic E-state index is 11.8. The van der Waals surface area contributed by atoms with Crippen molar-refractivity contribution in [2.45, 2.75) is 27.7 Å². The molecule has 0 spiro atoms. The fourth-order valence-electron chi connectivity index (χ4n) is 3.48. The van der Waals surface area contributed by atoms with Crippen LogP contribution in [0.2, 0.25) is 0 Å². The van der Waals surface area contributed by atoms with Gasteiger partial charge in [0.1, 0.15) is 52.9 Å². The SMILES string of the molecule is C=C(C)C(=O)OCCOc1ccc(-c2ccc(OCCOC(=O)C(=C)C)c(OCCOC(=O)C(=C)C)c2)cc1OCCOC(=O)C(=C)C. The predicted octanol–water partition coefficient (Wildman–Crippen LogP) is 5.35. The van der Waals surface area contributed by atoms with Crippen molar-refractivity contribution in [2.75, 3.05) is 52.9 Å². The van der Waals surface area contributed by atoms with Crippen LogP contribution < -0.4 is 18.9 Å². The van der Waals surface area contributed by atoms with Crippen LogP contribution in [0.15, 0.2) is 85.0 Å². The molecule has 0 aliphatic carbocycles. The summed E-state index contributed by atoms with van der Waals surface area (Å²) in [7, 11) is 0. The van der Waals surface area contributed by atoms with E-state index in [9.17, 15) is 19.2 Å². The van der Waals surface area contributed by atoms with Gasteiger partial charge in [0.2, 0.25) is 0 Å². The molecule has 12 nitrogen and oxygen atoms in total. The van der Waals surface area contributed by atoms with Crippen LogP contribution in [0.1, 0.15) is 27.7 Å². The molecule has 0 aliphatic rings. The quantitative estimate of drug-likeness (QED) is 0.0734. The summed E-state index contributed by atoms with van der Waals surface area (Å²) in [5.74, 6) is -0.762. The molecule has 12 heteroatoms. The first kappa shape index (κ1) is 38.7. The number of carbonyl (C=O) groups excluding carboxylic acids is 4. The molecule has 2 rings (SSSR count). The minimum absolute atomic E-state index is 0.0145. The molecule has 0 aliphatic heterocycles. The summed E-state index contributed by atoms with van der Waals surface area (Å²) in [6.45, 7) is 20.4. The Hall–Kier alpha value is -5.52. The van der Waals surface area contributed by atoms with Gasteiger partial charge in [-0.3, -0.25) is 0 Å². The Kier molecular flexibility index (Phi) is 16.0. The van der Waals surface area contributed by atoms with Crippen LogP contribution in [0, 0.1) is 0 Å². The van der Waals surface area contributed by atoms with Crippen LogP contribution in [-0.2, 0) is 38.1 Å². The topological polar surface area (TPSA) is 142 Å². The summed E-state index contributed by atoms with van der Waals surface area (Å²) < 4.78 is 43.9. The second-order valence-electron chi connectivity index (χ2n) is 10.4. The minimum atomic E-state index is -0.540. The third kappa shape index (κ3) is 13.5. The molecule has 0 radical (unpaired) electrons. The largest absolute Gasteiger partial charge is 0.486 e. The van der Waals surface area contributed by atoms with E-state index in [1.807, 2.05) is 0 Å². The number of hydrogen-bond acceptors (Lipinski definition) is 12. The van der Waals surface area contributed by atoms with Gasteiger partial charge >= 0.3 is 23.9 Å². The van der Waals surface area contributed by atoms with Gasteiger partial charge in [-0.15, -0.1) is 0 Å². The molecule has 0 fully saturated rings. The van der Waals surface area contributed by atoms with Gasteiger partial charge in [0, 0.05) is 22.3 Å². The van der Waals surface area contributed by atoms with Gasteiger partial charge in [0.05, 0.1) is 0 Å². The van der Waals surface area contributed by atoms with Crippen LogP contribution >= 0.6 is 0 Å². The van der Waals surface area contributed by atoms with Crippen molar-refractivity contribution in [3.05, 3.63) is 85.0 Å². The highest BCUT2D eigenvalue weighted by Gasteiger charge is 2.14. The molecule has 48 heavy (non-hydrogen) atoms. The molecule has 0 amide bonds. The van der Waals surface area contributed by atoms with E-state index in [4.69, 9.17) is 37.9 Å². The Morgan fingerprint density at radius 1 is 0.417 bits per heavy atom. The molecule has 0 unspecified atom stereocenters. The fraction of sp³-hybridized carbons (Fsp3) is 0.333. The van der Waals surface area contributed by atoms with E-state index >= 15 is 0 Å².